The molecule has 0 aromatic carbocycles. The molecule has 0 spiro atoms. The fraction of sp³-hybridized carbons (Fsp3) is 0.718. The van der Waals surface area contributed by atoms with Crippen LogP contribution in [-0.4, -0.2) is 87.5 Å². The standard InChI is InChI=1S/C39H67NO8/c1-3-5-7-9-11-12-13-14-15-16-17-18-19-20-21-22-23-25-27-29-35(43)40-32(33(42)28-26-24-10-8-6-4-2)31-47-39-38(46)37(45)36(44)34(30-41)48-39/h5,7,11-12,14-15,17-18,26,28,32-34,36-39,41-42,44-46H,3-4,6,8-10,13,16,19-25,27,29-31H2,1-2H3,(H,40,43)/b7-5-,12-11-,15-14-,18-17-,28-26+. The Morgan fingerprint density at radius 1 is 0.729 bits per heavy atom. The number of amides is 1. The molecule has 7 unspecified atom stereocenters. The molecule has 0 bridgehead atoms. The lowest BCUT2D eigenvalue weighted by molar-refractivity contribution is -0.302. The third-order valence-electron chi connectivity index (χ3n) is 8.35. The molecule has 1 rings (SSSR count). The van der Waals surface area contributed by atoms with Gasteiger partial charge in [-0.15, -0.1) is 0 Å². The molecule has 9 heteroatoms. The van der Waals surface area contributed by atoms with E-state index >= 15 is 0 Å². The smallest absolute Gasteiger partial charge is 0.220 e. The van der Waals surface area contributed by atoms with Gasteiger partial charge in [0.2, 0.25) is 5.91 Å². The number of allylic oxidation sites excluding steroid dienone is 9. The maximum atomic E-state index is 12.8. The second-order valence-corrected chi connectivity index (χ2v) is 12.6. The van der Waals surface area contributed by atoms with Crippen LogP contribution in [0.15, 0.2) is 60.8 Å². The van der Waals surface area contributed by atoms with Gasteiger partial charge in [0.1, 0.15) is 24.4 Å². The minimum atomic E-state index is -1.57. The van der Waals surface area contributed by atoms with Gasteiger partial charge in [0.15, 0.2) is 6.29 Å². The van der Waals surface area contributed by atoms with Crippen molar-refractivity contribution in [3.05, 3.63) is 60.8 Å². The fourth-order valence-electron chi connectivity index (χ4n) is 5.32. The van der Waals surface area contributed by atoms with Crippen molar-refractivity contribution in [3.63, 3.8) is 0 Å². The topological polar surface area (TPSA) is 149 Å². The van der Waals surface area contributed by atoms with Crippen LogP contribution >= 0.6 is 0 Å². The molecule has 1 fully saturated rings. The van der Waals surface area contributed by atoms with Gasteiger partial charge in [0, 0.05) is 6.42 Å². The van der Waals surface area contributed by atoms with Crippen LogP contribution < -0.4 is 5.32 Å². The predicted octanol–water partition coefficient (Wildman–Crippen LogP) is 6.10. The predicted molar refractivity (Wildman–Crippen MR) is 193 cm³/mol. The highest BCUT2D eigenvalue weighted by atomic mass is 16.7. The van der Waals surface area contributed by atoms with Crippen LogP contribution in [0.4, 0.5) is 0 Å². The molecule has 6 N–H and O–H groups in total. The first kappa shape index (κ1) is 43.9. The summed E-state index contributed by atoms with van der Waals surface area (Å²) in [4.78, 5) is 12.8. The van der Waals surface area contributed by atoms with Crippen LogP contribution in [0.5, 0.6) is 0 Å². The zero-order chi connectivity index (χ0) is 35.2. The fourth-order valence-corrected chi connectivity index (χ4v) is 5.32. The molecule has 276 valence electrons. The second-order valence-electron chi connectivity index (χ2n) is 12.6. The number of hydrogen-bond acceptors (Lipinski definition) is 8. The highest BCUT2D eigenvalue weighted by molar-refractivity contribution is 5.76. The van der Waals surface area contributed by atoms with Gasteiger partial charge in [0.25, 0.3) is 0 Å². The average Bonchev–Trinajstić information content (AvgIpc) is 3.08. The van der Waals surface area contributed by atoms with E-state index in [0.717, 1.165) is 103 Å². The number of carbonyl (C=O) groups excluding carboxylic acids is 1. The SMILES string of the molecule is CC/C=C\C/C=C\C/C=C\C/C=C\CCCCCCCCC(=O)NC(COC1OC(CO)C(O)C(O)C1O)C(O)/C=C/CCCCCC. The normalized spacial score (nSPS) is 23.4. The molecule has 9 nitrogen and oxygen atoms in total. The Bertz CT molecular complexity index is 931. The molecule has 0 aromatic rings. The molecule has 1 aliphatic heterocycles. The lowest BCUT2D eigenvalue weighted by atomic mass is 9.99. The van der Waals surface area contributed by atoms with Crippen LogP contribution in [0.2, 0.25) is 0 Å². The summed E-state index contributed by atoms with van der Waals surface area (Å²) < 4.78 is 11.1. The van der Waals surface area contributed by atoms with Gasteiger partial charge < -0.3 is 40.3 Å². The van der Waals surface area contributed by atoms with Crippen LogP contribution in [0, 0.1) is 0 Å². The van der Waals surface area contributed by atoms with Crippen molar-refractivity contribution in [2.45, 2.75) is 166 Å². The molecule has 1 saturated heterocycles. The molecule has 0 saturated carbocycles. The van der Waals surface area contributed by atoms with Gasteiger partial charge in [-0.1, -0.05) is 120 Å². The van der Waals surface area contributed by atoms with Crippen LogP contribution in [0.3, 0.4) is 0 Å². The summed E-state index contributed by atoms with van der Waals surface area (Å²) in [5.74, 6) is -0.202. The monoisotopic (exact) mass is 677 g/mol. The van der Waals surface area contributed by atoms with E-state index in [0.29, 0.717) is 6.42 Å². The quantitative estimate of drug-likeness (QED) is 0.0430. The van der Waals surface area contributed by atoms with E-state index in [1.54, 1.807) is 6.08 Å². The minimum absolute atomic E-state index is 0.199. The molecule has 7 atom stereocenters. The molecular formula is C39H67NO8. The molecule has 48 heavy (non-hydrogen) atoms. The number of hydrogen-bond donors (Lipinski definition) is 6. The summed E-state index contributed by atoms with van der Waals surface area (Å²) in [5.41, 5.74) is 0. The van der Waals surface area contributed by atoms with Gasteiger partial charge in [-0.25, -0.2) is 0 Å². The number of nitrogens with one attached hydrogen (secondary N) is 1. The number of rotatable bonds is 28. The first-order chi connectivity index (χ1) is 23.3. The maximum Gasteiger partial charge on any atom is 0.220 e. The van der Waals surface area contributed by atoms with Crippen molar-refractivity contribution in [2.24, 2.45) is 0 Å². The van der Waals surface area contributed by atoms with Crippen molar-refractivity contribution in [2.75, 3.05) is 13.2 Å². The van der Waals surface area contributed by atoms with Crippen molar-refractivity contribution in [1.82, 2.24) is 5.32 Å². The Hall–Kier alpha value is -2.11. The van der Waals surface area contributed by atoms with Gasteiger partial charge >= 0.3 is 0 Å². The Morgan fingerprint density at radius 2 is 1.29 bits per heavy atom. The molecular weight excluding hydrogens is 610 g/mol. The zero-order valence-corrected chi connectivity index (χ0v) is 29.7. The van der Waals surface area contributed by atoms with Gasteiger partial charge in [-0.05, 0) is 57.8 Å². The third-order valence-corrected chi connectivity index (χ3v) is 8.35. The van der Waals surface area contributed by atoms with Crippen molar-refractivity contribution in [3.8, 4) is 0 Å². The van der Waals surface area contributed by atoms with E-state index in [2.05, 4.69) is 67.8 Å². The summed E-state index contributed by atoms with van der Waals surface area (Å²) >= 11 is 0. The highest BCUT2D eigenvalue weighted by Crippen LogP contribution is 2.22. The van der Waals surface area contributed by atoms with Crippen molar-refractivity contribution in [1.29, 1.82) is 0 Å². The molecule has 0 radical (unpaired) electrons. The summed E-state index contributed by atoms with van der Waals surface area (Å²) in [6.07, 6.45) is 30.1. The Morgan fingerprint density at radius 3 is 1.92 bits per heavy atom. The summed E-state index contributed by atoms with van der Waals surface area (Å²) in [5, 5.41) is 53.6. The Labute approximate surface area is 290 Å². The van der Waals surface area contributed by atoms with Crippen LogP contribution in [0.25, 0.3) is 0 Å². The van der Waals surface area contributed by atoms with E-state index < -0.39 is 49.5 Å². The van der Waals surface area contributed by atoms with Crippen molar-refractivity contribution < 1.29 is 39.8 Å². The van der Waals surface area contributed by atoms with Gasteiger partial charge in [-0.3, -0.25) is 4.79 Å². The first-order valence-corrected chi connectivity index (χ1v) is 18.5. The van der Waals surface area contributed by atoms with Crippen LogP contribution in [-0.2, 0) is 14.3 Å². The molecule has 0 aliphatic carbocycles. The average molecular weight is 678 g/mol. The summed E-state index contributed by atoms with van der Waals surface area (Å²) in [7, 11) is 0. The summed E-state index contributed by atoms with van der Waals surface area (Å²) in [6, 6.07) is -0.810. The molecule has 1 aliphatic rings. The van der Waals surface area contributed by atoms with E-state index in [9.17, 15) is 30.3 Å². The number of ether oxygens (including phenoxy) is 2. The number of unbranched alkanes of at least 4 members (excludes halogenated alkanes) is 10. The third kappa shape index (κ3) is 21.1. The van der Waals surface area contributed by atoms with E-state index in [1.807, 2.05) is 6.08 Å². The van der Waals surface area contributed by atoms with E-state index in [-0.39, 0.29) is 12.5 Å². The van der Waals surface area contributed by atoms with Gasteiger partial charge in [-0.2, -0.15) is 0 Å². The molecule has 1 amide bonds. The summed E-state index contributed by atoms with van der Waals surface area (Å²) in [6.45, 7) is 3.53. The first-order valence-electron chi connectivity index (χ1n) is 18.5. The largest absolute Gasteiger partial charge is 0.394 e. The van der Waals surface area contributed by atoms with E-state index in [4.69, 9.17) is 9.47 Å². The zero-order valence-electron chi connectivity index (χ0n) is 29.7. The lowest BCUT2D eigenvalue weighted by Gasteiger charge is -2.40. The lowest BCUT2D eigenvalue weighted by Crippen LogP contribution is -2.60. The highest BCUT2D eigenvalue weighted by Gasteiger charge is 2.44. The number of aliphatic hydroxyl groups excluding tert-OH is 5. The number of aliphatic hydroxyl groups is 5. The molecule has 1 heterocycles. The number of carbonyl (C=O) groups is 1. The Balaban J connectivity index is 2.36. The Kier molecular flexibility index (Phi) is 27.2. The van der Waals surface area contributed by atoms with Crippen molar-refractivity contribution >= 4 is 5.91 Å². The maximum absolute atomic E-state index is 12.8. The van der Waals surface area contributed by atoms with E-state index in [1.165, 1.54) is 0 Å². The van der Waals surface area contributed by atoms with Gasteiger partial charge in [0.05, 0.1) is 25.4 Å². The second kappa shape index (κ2) is 29.8. The molecule has 0 aromatic heterocycles. The minimum Gasteiger partial charge on any atom is -0.394 e. The van der Waals surface area contributed by atoms with Crippen LogP contribution in [0.1, 0.15) is 123 Å².